The Labute approximate surface area is 149 Å². The molecule has 1 aliphatic carbocycles. The van der Waals surface area contributed by atoms with Gasteiger partial charge in [-0.2, -0.15) is 5.10 Å². The Morgan fingerprint density at radius 1 is 1.28 bits per heavy atom. The van der Waals surface area contributed by atoms with Crippen LogP contribution in [0.1, 0.15) is 55.2 Å². The highest BCUT2D eigenvalue weighted by Gasteiger charge is 2.13. The van der Waals surface area contributed by atoms with Crippen molar-refractivity contribution in [3.05, 3.63) is 47.0 Å². The molecule has 1 heterocycles. The molecule has 0 amide bonds. The molecule has 0 saturated heterocycles. The Morgan fingerprint density at radius 2 is 2.08 bits per heavy atom. The molecule has 1 aromatic carbocycles. The van der Waals surface area contributed by atoms with Gasteiger partial charge in [0.2, 0.25) is 0 Å². The van der Waals surface area contributed by atoms with E-state index in [-0.39, 0.29) is 6.04 Å². The molecular formula is C19H28N6. The first-order chi connectivity index (χ1) is 12.2. The molecular weight excluding hydrogens is 312 g/mol. The minimum Gasteiger partial charge on any atom is -0.357 e. The van der Waals surface area contributed by atoms with E-state index in [0.29, 0.717) is 6.54 Å². The van der Waals surface area contributed by atoms with Gasteiger partial charge in [-0.1, -0.05) is 18.2 Å². The Morgan fingerprint density at radius 3 is 2.80 bits per heavy atom. The number of aliphatic imine (C=N–C) groups is 1. The molecule has 0 aliphatic heterocycles. The van der Waals surface area contributed by atoms with Crippen LogP contribution in [0.2, 0.25) is 0 Å². The van der Waals surface area contributed by atoms with Gasteiger partial charge in [0.15, 0.2) is 5.96 Å². The topological polar surface area (TPSA) is 67.1 Å². The third-order valence-corrected chi connectivity index (χ3v) is 4.75. The highest BCUT2D eigenvalue weighted by molar-refractivity contribution is 5.80. The average Bonchev–Trinajstić information content (AvgIpc) is 3.04. The van der Waals surface area contributed by atoms with Crippen molar-refractivity contribution < 1.29 is 0 Å². The molecule has 3 rings (SSSR count). The molecule has 1 atom stereocenters. The minimum absolute atomic E-state index is 0.199. The van der Waals surface area contributed by atoms with Crippen molar-refractivity contribution in [3.8, 4) is 0 Å². The van der Waals surface area contributed by atoms with E-state index in [4.69, 9.17) is 0 Å². The third-order valence-electron chi connectivity index (χ3n) is 4.75. The van der Waals surface area contributed by atoms with Crippen molar-refractivity contribution in [2.75, 3.05) is 6.54 Å². The van der Waals surface area contributed by atoms with Gasteiger partial charge < -0.3 is 10.6 Å². The van der Waals surface area contributed by atoms with Crippen LogP contribution in [0.3, 0.4) is 0 Å². The van der Waals surface area contributed by atoms with Crippen LogP contribution in [0, 0.1) is 0 Å². The van der Waals surface area contributed by atoms with Crippen molar-refractivity contribution in [1.82, 2.24) is 25.4 Å². The number of guanidine groups is 1. The van der Waals surface area contributed by atoms with Crippen LogP contribution >= 0.6 is 0 Å². The van der Waals surface area contributed by atoms with Crippen LogP contribution in [0.25, 0.3) is 0 Å². The van der Waals surface area contributed by atoms with Crippen molar-refractivity contribution in [1.29, 1.82) is 0 Å². The predicted octanol–water partition coefficient (Wildman–Crippen LogP) is 2.51. The Bertz CT molecular complexity index is 733. The summed E-state index contributed by atoms with van der Waals surface area (Å²) >= 11 is 0. The van der Waals surface area contributed by atoms with Crippen molar-refractivity contribution in [2.24, 2.45) is 12.0 Å². The van der Waals surface area contributed by atoms with Crippen LogP contribution in [0.4, 0.5) is 0 Å². The largest absolute Gasteiger partial charge is 0.357 e. The number of nitrogens with zero attached hydrogens (tertiary/aromatic N) is 4. The maximum absolute atomic E-state index is 4.64. The third kappa shape index (κ3) is 4.38. The van der Waals surface area contributed by atoms with Crippen LogP contribution < -0.4 is 10.6 Å². The summed E-state index contributed by atoms with van der Waals surface area (Å²) in [5, 5.41) is 10.9. The molecule has 6 heteroatoms. The summed E-state index contributed by atoms with van der Waals surface area (Å²) in [5.41, 5.74) is 4.34. The van der Waals surface area contributed by atoms with Gasteiger partial charge in [0, 0.05) is 13.6 Å². The lowest BCUT2D eigenvalue weighted by molar-refractivity contribution is 0.661. The molecule has 25 heavy (non-hydrogen) atoms. The standard InChI is InChI=1S/C19H28N6/c1-4-20-19(21-12-18-22-13-23-25(18)3)24-14(2)16-10-9-15-7-5-6-8-17(15)11-16/h9-11,13-14H,4-8,12H2,1-3H3,(H2,20,21,24). The van der Waals surface area contributed by atoms with Gasteiger partial charge in [0.1, 0.15) is 18.7 Å². The van der Waals surface area contributed by atoms with E-state index in [1.807, 2.05) is 7.05 Å². The number of aryl methyl sites for hydroxylation is 3. The van der Waals surface area contributed by atoms with Gasteiger partial charge in [0.25, 0.3) is 0 Å². The van der Waals surface area contributed by atoms with Gasteiger partial charge in [-0.05, 0) is 56.2 Å². The smallest absolute Gasteiger partial charge is 0.192 e. The molecule has 2 N–H and O–H groups in total. The van der Waals surface area contributed by atoms with E-state index in [1.54, 1.807) is 11.0 Å². The fourth-order valence-electron chi connectivity index (χ4n) is 3.24. The fourth-order valence-corrected chi connectivity index (χ4v) is 3.24. The first-order valence-electron chi connectivity index (χ1n) is 9.16. The van der Waals surface area contributed by atoms with Crippen molar-refractivity contribution >= 4 is 5.96 Å². The second-order valence-electron chi connectivity index (χ2n) is 6.60. The summed E-state index contributed by atoms with van der Waals surface area (Å²) in [6.07, 6.45) is 6.61. The Balaban J connectivity index is 1.69. The summed E-state index contributed by atoms with van der Waals surface area (Å²) in [6, 6.07) is 7.10. The lowest BCUT2D eigenvalue weighted by Crippen LogP contribution is -2.38. The fraction of sp³-hybridized carbons (Fsp3) is 0.526. The lowest BCUT2D eigenvalue weighted by Gasteiger charge is -2.21. The van der Waals surface area contributed by atoms with E-state index in [9.17, 15) is 0 Å². The summed E-state index contributed by atoms with van der Waals surface area (Å²) in [5.74, 6) is 1.65. The summed E-state index contributed by atoms with van der Waals surface area (Å²) in [4.78, 5) is 8.86. The molecule has 2 aromatic rings. The maximum atomic E-state index is 4.64. The molecule has 0 radical (unpaired) electrons. The zero-order valence-electron chi connectivity index (χ0n) is 15.4. The number of aromatic nitrogens is 3. The number of hydrogen-bond donors (Lipinski definition) is 2. The number of benzene rings is 1. The highest BCUT2D eigenvalue weighted by atomic mass is 15.3. The molecule has 1 aliphatic rings. The summed E-state index contributed by atoms with van der Waals surface area (Å²) in [6.45, 7) is 5.58. The van der Waals surface area contributed by atoms with Crippen LogP contribution in [0.5, 0.6) is 0 Å². The zero-order chi connectivity index (χ0) is 17.6. The molecule has 0 fully saturated rings. The number of fused-ring (bicyclic) bond motifs is 1. The number of nitrogens with one attached hydrogen (secondary N) is 2. The Hall–Kier alpha value is -2.37. The molecule has 0 saturated carbocycles. The molecule has 1 aromatic heterocycles. The van der Waals surface area contributed by atoms with Gasteiger partial charge in [0.05, 0.1) is 6.04 Å². The van der Waals surface area contributed by atoms with Crippen LogP contribution in [-0.2, 0) is 26.4 Å². The SMILES string of the molecule is CCNC(=NCc1ncnn1C)NC(C)c1ccc2c(c1)CCCC2. The second-order valence-corrected chi connectivity index (χ2v) is 6.60. The first-order valence-corrected chi connectivity index (χ1v) is 9.16. The molecule has 6 nitrogen and oxygen atoms in total. The number of hydrogen-bond acceptors (Lipinski definition) is 3. The minimum atomic E-state index is 0.199. The van der Waals surface area contributed by atoms with E-state index < -0.39 is 0 Å². The number of rotatable bonds is 5. The zero-order valence-corrected chi connectivity index (χ0v) is 15.4. The maximum Gasteiger partial charge on any atom is 0.192 e. The first kappa shape index (κ1) is 17.5. The van der Waals surface area contributed by atoms with Crippen molar-refractivity contribution in [2.45, 2.75) is 52.1 Å². The van der Waals surface area contributed by atoms with Crippen LogP contribution in [0.15, 0.2) is 29.5 Å². The quantitative estimate of drug-likeness (QED) is 0.648. The predicted molar refractivity (Wildman–Crippen MR) is 100 cm³/mol. The normalized spacial score (nSPS) is 15.6. The lowest BCUT2D eigenvalue weighted by atomic mass is 9.89. The Kier molecular flexibility index (Phi) is 5.68. The van der Waals surface area contributed by atoms with Gasteiger partial charge in [-0.15, -0.1) is 0 Å². The molecule has 0 bridgehead atoms. The second kappa shape index (κ2) is 8.14. The highest BCUT2D eigenvalue weighted by Crippen LogP contribution is 2.24. The van der Waals surface area contributed by atoms with E-state index in [0.717, 1.165) is 18.3 Å². The van der Waals surface area contributed by atoms with Crippen LogP contribution in [-0.4, -0.2) is 27.3 Å². The van der Waals surface area contributed by atoms with Gasteiger partial charge >= 0.3 is 0 Å². The van der Waals surface area contributed by atoms with Crippen molar-refractivity contribution in [3.63, 3.8) is 0 Å². The summed E-state index contributed by atoms with van der Waals surface area (Å²) < 4.78 is 1.75. The van der Waals surface area contributed by atoms with E-state index in [2.05, 4.69) is 57.8 Å². The van der Waals surface area contributed by atoms with E-state index in [1.165, 1.54) is 42.4 Å². The summed E-state index contributed by atoms with van der Waals surface area (Å²) in [7, 11) is 1.88. The average molecular weight is 340 g/mol. The monoisotopic (exact) mass is 340 g/mol. The van der Waals surface area contributed by atoms with Gasteiger partial charge in [-0.3, -0.25) is 4.68 Å². The van der Waals surface area contributed by atoms with E-state index >= 15 is 0 Å². The van der Waals surface area contributed by atoms with Gasteiger partial charge in [-0.25, -0.2) is 9.98 Å². The molecule has 0 spiro atoms. The molecule has 134 valence electrons. The molecule has 1 unspecified atom stereocenters.